The molecule has 124 valence electrons. The van der Waals surface area contributed by atoms with Gasteiger partial charge in [0.05, 0.1) is 10.6 Å². The van der Waals surface area contributed by atoms with Gasteiger partial charge in [0.2, 0.25) is 0 Å². The van der Waals surface area contributed by atoms with Crippen LogP contribution in [0.15, 0.2) is 36.0 Å². The standard InChI is InChI=1S/C18H19N3OS2/c1-3-6-15-12(4-2)9-16(24-15)17(22)21-18-20-14(11-23-18)13-7-5-8-19-10-13/h5,7-11H,3-4,6H2,1-2H3,(H,20,21,22). The number of thiophene rings is 1. The Morgan fingerprint density at radius 3 is 2.92 bits per heavy atom. The van der Waals surface area contributed by atoms with Crippen LogP contribution in [0.3, 0.4) is 0 Å². The van der Waals surface area contributed by atoms with E-state index in [9.17, 15) is 4.79 Å². The van der Waals surface area contributed by atoms with Crippen LogP contribution >= 0.6 is 22.7 Å². The molecule has 0 saturated carbocycles. The first-order valence-corrected chi connectivity index (χ1v) is 9.69. The van der Waals surface area contributed by atoms with Gasteiger partial charge in [-0.2, -0.15) is 0 Å². The Balaban J connectivity index is 1.75. The van der Waals surface area contributed by atoms with Crippen LogP contribution in [-0.2, 0) is 12.8 Å². The normalized spacial score (nSPS) is 10.8. The zero-order chi connectivity index (χ0) is 16.9. The summed E-state index contributed by atoms with van der Waals surface area (Å²) in [5.74, 6) is -0.0795. The summed E-state index contributed by atoms with van der Waals surface area (Å²) in [6.45, 7) is 4.29. The van der Waals surface area contributed by atoms with E-state index in [0.717, 1.165) is 35.4 Å². The Morgan fingerprint density at radius 1 is 1.33 bits per heavy atom. The molecular formula is C18H19N3OS2. The molecule has 0 fully saturated rings. The number of aromatic nitrogens is 2. The van der Waals surface area contributed by atoms with E-state index in [1.165, 1.54) is 21.8 Å². The SMILES string of the molecule is CCCc1sc(C(=O)Nc2nc(-c3cccnc3)cs2)cc1CC. The molecule has 0 atom stereocenters. The fourth-order valence-electron chi connectivity index (χ4n) is 2.45. The van der Waals surface area contributed by atoms with E-state index in [0.29, 0.717) is 5.13 Å². The number of rotatable bonds is 6. The van der Waals surface area contributed by atoms with Crippen LogP contribution in [0.4, 0.5) is 5.13 Å². The van der Waals surface area contributed by atoms with Crippen LogP contribution in [-0.4, -0.2) is 15.9 Å². The molecular weight excluding hydrogens is 338 g/mol. The van der Waals surface area contributed by atoms with Crippen LogP contribution in [0.25, 0.3) is 11.3 Å². The van der Waals surface area contributed by atoms with Gasteiger partial charge in [0, 0.05) is 28.2 Å². The molecule has 0 aliphatic carbocycles. The molecule has 24 heavy (non-hydrogen) atoms. The molecule has 3 aromatic rings. The molecule has 0 saturated heterocycles. The summed E-state index contributed by atoms with van der Waals surface area (Å²) in [5.41, 5.74) is 3.06. The Labute approximate surface area is 149 Å². The maximum atomic E-state index is 12.5. The van der Waals surface area contributed by atoms with Crippen molar-refractivity contribution in [3.8, 4) is 11.3 Å². The number of carbonyl (C=O) groups is 1. The maximum absolute atomic E-state index is 12.5. The van der Waals surface area contributed by atoms with Crippen molar-refractivity contribution in [1.29, 1.82) is 0 Å². The Kier molecular flexibility index (Phi) is 5.37. The lowest BCUT2D eigenvalue weighted by Gasteiger charge is -1.98. The van der Waals surface area contributed by atoms with Gasteiger partial charge in [0.1, 0.15) is 0 Å². The van der Waals surface area contributed by atoms with Crippen LogP contribution < -0.4 is 5.32 Å². The summed E-state index contributed by atoms with van der Waals surface area (Å²) < 4.78 is 0. The van der Waals surface area contributed by atoms with Crippen molar-refractivity contribution in [3.63, 3.8) is 0 Å². The van der Waals surface area contributed by atoms with E-state index in [-0.39, 0.29) is 5.91 Å². The lowest BCUT2D eigenvalue weighted by atomic mass is 10.1. The van der Waals surface area contributed by atoms with Crippen molar-refractivity contribution in [1.82, 2.24) is 9.97 Å². The molecule has 1 N–H and O–H groups in total. The minimum absolute atomic E-state index is 0.0795. The minimum Gasteiger partial charge on any atom is -0.297 e. The van der Waals surface area contributed by atoms with E-state index in [1.807, 2.05) is 23.6 Å². The molecule has 0 radical (unpaired) electrons. The molecule has 0 bridgehead atoms. The van der Waals surface area contributed by atoms with Crippen LogP contribution in [0.1, 0.15) is 40.4 Å². The first-order valence-electron chi connectivity index (χ1n) is 8.00. The second-order valence-electron chi connectivity index (χ2n) is 5.40. The van der Waals surface area contributed by atoms with Gasteiger partial charge < -0.3 is 0 Å². The number of hydrogen-bond donors (Lipinski definition) is 1. The quantitative estimate of drug-likeness (QED) is 0.673. The molecule has 3 aromatic heterocycles. The van der Waals surface area contributed by atoms with Crippen molar-refractivity contribution in [2.24, 2.45) is 0 Å². The monoisotopic (exact) mass is 357 g/mol. The summed E-state index contributed by atoms with van der Waals surface area (Å²) in [4.78, 5) is 23.2. The highest BCUT2D eigenvalue weighted by Gasteiger charge is 2.15. The Hall–Kier alpha value is -2.05. The molecule has 1 amide bonds. The van der Waals surface area contributed by atoms with Crippen molar-refractivity contribution < 1.29 is 4.79 Å². The number of nitrogens with zero attached hydrogens (tertiary/aromatic N) is 2. The largest absolute Gasteiger partial charge is 0.297 e. The maximum Gasteiger partial charge on any atom is 0.267 e. The molecule has 3 rings (SSSR count). The lowest BCUT2D eigenvalue weighted by Crippen LogP contribution is -2.09. The second kappa shape index (κ2) is 7.68. The number of amides is 1. The van der Waals surface area contributed by atoms with Crippen LogP contribution in [0.2, 0.25) is 0 Å². The molecule has 0 unspecified atom stereocenters. The third-order valence-electron chi connectivity index (χ3n) is 3.66. The molecule has 3 heterocycles. The average Bonchev–Trinajstić information content (AvgIpc) is 3.23. The molecule has 0 aliphatic rings. The van der Waals surface area contributed by atoms with E-state index in [2.05, 4.69) is 29.1 Å². The highest BCUT2D eigenvalue weighted by molar-refractivity contribution is 7.15. The molecule has 4 nitrogen and oxygen atoms in total. The summed E-state index contributed by atoms with van der Waals surface area (Å²) in [6, 6.07) is 5.85. The van der Waals surface area contributed by atoms with Crippen molar-refractivity contribution >= 4 is 33.7 Å². The van der Waals surface area contributed by atoms with Gasteiger partial charge in [-0.1, -0.05) is 20.3 Å². The van der Waals surface area contributed by atoms with E-state index < -0.39 is 0 Å². The fraction of sp³-hybridized carbons (Fsp3) is 0.278. The number of aryl methyl sites for hydroxylation is 2. The highest BCUT2D eigenvalue weighted by atomic mass is 32.1. The van der Waals surface area contributed by atoms with Gasteiger partial charge in [-0.25, -0.2) is 4.98 Å². The minimum atomic E-state index is -0.0795. The smallest absolute Gasteiger partial charge is 0.267 e. The third kappa shape index (κ3) is 3.71. The van der Waals surface area contributed by atoms with Gasteiger partial charge in [-0.3, -0.25) is 15.1 Å². The summed E-state index contributed by atoms with van der Waals surface area (Å²) in [5, 5.41) is 5.46. The predicted molar refractivity (Wildman–Crippen MR) is 101 cm³/mol. The highest BCUT2D eigenvalue weighted by Crippen LogP contribution is 2.27. The van der Waals surface area contributed by atoms with Gasteiger partial charge >= 0.3 is 0 Å². The van der Waals surface area contributed by atoms with E-state index in [1.54, 1.807) is 23.7 Å². The van der Waals surface area contributed by atoms with Crippen LogP contribution in [0, 0.1) is 0 Å². The Bertz CT molecular complexity index is 824. The zero-order valence-electron chi connectivity index (χ0n) is 13.7. The lowest BCUT2D eigenvalue weighted by molar-refractivity contribution is 0.103. The topological polar surface area (TPSA) is 54.9 Å². The van der Waals surface area contributed by atoms with Gasteiger partial charge in [-0.15, -0.1) is 22.7 Å². The van der Waals surface area contributed by atoms with E-state index >= 15 is 0 Å². The predicted octanol–water partition coefficient (Wildman–Crippen LogP) is 5.03. The van der Waals surface area contributed by atoms with Crippen molar-refractivity contribution in [2.75, 3.05) is 5.32 Å². The molecule has 0 aliphatic heterocycles. The van der Waals surface area contributed by atoms with Crippen molar-refractivity contribution in [3.05, 3.63) is 51.3 Å². The molecule has 0 aromatic carbocycles. The number of carbonyl (C=O) groups excluding carboxylic acids is 1. The number of hydrogen-bond acceptors (Lipinski definition) is 5. The summed E-state index contributed by atoms with van der Waals surface area (Å²) in [6.07, 6.45) is 6.58. The first-order chi connectivity index (χ1) is 11.7. The van der Waals surface area contributed by atoms with Gasteiger partial charge in [-0.05, 0) is 36.6 Å². The van der Waals surface area contributed by atoms with E-state index in [4.69, 9.17) is 0 Å². The third-order valence-corrected chi connectivity index (χ3v) is 5.65. The first kappa shape index (κ1) is 16.8. The number of anilines is 1. The van der Waals surface area contributed by atoms with Gasteiger partial charge in [0.15, 0.2) is 5.13 Å². The molecule has 0 spiro atoms. The second-order valence-corrected chi connectivity index (χ2v) is 7.39. The number of thiazole rings is 1. The summed E-state index contributed by atoms with van der Waals surface area (Å²) in [7, 11) is 0. The average molecular weight is 358 g/mol. The van der Waals surface area contributed by atoms with Crippen LogP contribution in [0.5, 0.6) is 0 Å². The van der Waals surface area contributed by atoms with Crippen molar-refractivity contribution in [2.45, 2.75) is 33.1 Å². The van der Waals surface area contributed by atoms with Gasteiger partial charge in [0.25, 0.3) is 5.91 Å². The Morgan fingerprint density at radius 2 is 2.21 bits per heavy atom. The summed E-state index contributed by atoms with van der Waals surface area (Å²) >= 11 is 3.02. The fourth-order valence-corrected chi connectivity index (χ4v) is 4.42. The number of nitrogens with one attached hydrogen (secondary N) is 1. The zero-order valence-corrected chi connectivity index (χ0v) is 15.3. The molecule has 6 heteroatoms. The number of pyridine rings is 1.